The van der Waals surface area contributed by atoms with E-state index in [-0.39, 0.29) is 11.3 Å². The van der Waals surface area contributed by atoms with E-state index in [9.17, 15) is 22.8 Å². The number of aromatic nitrogens is 1. The summed E-state index contributed by atoms with van der Waals surface area (Å²) in [7, 11) is 0. The van der Waals surface area contributed by atoms with E-state index < -0.39 is 30.2 Å². The number of carbonyl (C=O) groups is 2. The van der Waals surface area contributed by atoms with Gasteiger partial charge in [-0.05, 0) is 48.6 Å². The van der Waals surface area contributed by atoms with Crippen LogP contribution < -0.4 is 15.4 Å². The third kappa shape index (κ3) is 4.29. The molecule has 0 saturated heterocycles. The number of pyridine rings is 1. The molecule has 9 heteroatoms. The number of halogens is 3. The van der Waals surface area contributed by atoms with Gasteiger partial charge in [0.25, 0.3) is 5.91 Å². The number of rotatable bonds is 5. The number of urea groups is 1. The Morgan fingerprint density at radius 1 is 1.23 bits per heavy atom. The van der Waals surface area contributed by atoms with Crippen LogP contribution in [0.1, 0.15) is 34.7 Å². The zero-order chi connectivity index (χ0) is 18.7. The Hall–Kier alpha value is -3.10. The predicted octanol–water partition coefficient (Wildman–Crippen LogP) is 3.66. The fraction of sp³-hybridized carbons (Fsp3) is 0.235. The van der Waals surface area contributed by atoms with Crippen LogP contribution in [0.4, 0.5) is 23.7 Å². The second kappa shape index (κ2) is 7.42. The maximum absolute atomic E-state index is 14.1. The molecule has 1 fully saturated rings. The molecule has 1 aliphatic rings. The first-order valence-electron chi connectivity index (χ1n) is 7.75. The molecule has 0 aliphatic heterocycles. The molecule has 2 aromatic rings. The summed E-state index contributed by atoms with van der Waals surface area (Å²) in [5.41, 5.74) is 0.357. The summed E-state index contributed by atoms with van der Waals surface area (Å²) in [4.78, 5) is 27.5. The van der Waals surface area contributed by atoms with E-state index in [2.05, 4.69) is 15.0 Å². The molecule has 1 aromatic heterocycles. The number of amides is 3. The van der Waals surface area contributed by atoms with Gasteiger partial charge in [-0.25, -0.2) is 14.2 Å². The molecule has 0 radical (unpaired) electrons. The molecule has 1 aromatic carbocycles. The number of hydrogen-bond acceptors (Lipinski definition) is 4. The number of nitrogens with zero attached hydrogens (tertiary/aromatic N) is 1. The van der Waals surface area contributed by atoms with E-state index in [4.69, 9.17) is 0 Å². The normalized spacial score (nSPS) is 13.4. The average Bonchev–Trinajstić information content (AvgIpc) is 3.41. The van der Waals surface area contributed by atoms with Crippen LogP contribution in [0.2, 0.25) is 0 Å². The Labute approximate surface area is 146 Å². The number of benzene rings is 1. The summed E-state index contributed by atoms with van der Waals surface area (Å²) >= 11 is 0. The molecule has 0 unspecified atom stereocenters. The summed E-state index contributed by atoms with van der Waals surface area (Å²) in [5.74, 6) is -1.88. The third-order valence-electron chi connectivity index (χ3n) is 3.73. The van der Waals surface area contributed by atoms with Gasteiger partial charge in [0.15, 0.2) is 0 Å². The lowest BCUT2D eigenvalue weighted by molar-refractivity contribution is -0.0523. The third-order valence-corrected chi connectivity index (χ3v) is 3.73. The first-order valence-corrected chi connectivity index (χ1v) is 7.75. The zero-order valence-electron chi connectivity index (χ0n) is 13.3. The van der Waals surface area contributed by atoms with Crippen molar-refractivity contribution in [1.29, 1.82) is 0 Å². The second-order valence-electron chi connectivity index (χ2n) is 5.66. The fourth-order valence-corrected chi connectivity index (χ4v) is 2.37. The first-order chi connectivity index (χ1) is 12.4. The maximum Gasteiger partial charge on any atom is 0.388 e. The van der Waals surface area contributed by atoms with Crippen molar-refractivity contribution in [3.05, 3.63) is 53.5 Å². The van der Waals surface area contributed by atoms with Gasteiger partial charge in [0, 0.05) is 6.20 Å². The van der Waals surface area contributed by atoms with Crippen LogP contribution >= 0.6 is 0 Å². The highest BCUT2D eigenvalue weighted by Crippen LogP contribution is 2.40. The van der Waals surface area contributed by atoms with Gasteiger partial charge in [-0.1, -0.05) is 6.07 Å². The zero-order valence-corrected chi connectivity index (χ0v) is 13.3. The van der Waals surface area contributed by atoms with E-state index in [1.807, 2.05) is 5.32 Å². The van der Waals surface area contributed by atoms with Crippen LogP contribution in [0, 0.1) is 5.82 Å². The summed E-state index contributed by atoms with van der Waals surface area (Å²) in [6.45, 7) is -3.13. The standard InChI is InChI=1S/C17H14F3N3O3/c18-12-8-10(9-3-4-9)5-6-11(12)14(24)23-17(25)22-13-2-1-7-21-15(13)26-16(19)20/h1-2,5-9,16H,3-4H2,(H2,22,23,24,25). The van der Waals surface area contributed by atoms with E-state index in [1.165, 1.54) is 30.5 Å². The monoisotopic (exact) mass is 365 g/mol. The Bertz CT molecular complexity index is 841. The van der Waals surface area contributed by atoms with Crippen LogP contribution in [-0.4, -0.2) is 23.5 Å². The van der Waals surface area contributed by atoms with Crippen LogP contribution in [0.15, 0.2) is 36.5 Å². The minimum Gasteiger partial charge on any atom is -0.415 e. The first kappa shape index (κ1) is 17.7. The van der Waals surface area contributed by atoms with Crippen molar-refractivity contribution in [2.75, 3.05) is 5.32 Å². The van der Waals surface area contributed by atoms with Gasteiger partial charge in [0.2, 0.25) is 5.88 Å². The van der Waals surface area contributed by atoms with E-state index in [1.54, 1.807) is 6.07 Å². The number of alkyl halides is 2. The average molecular weight is 365 g/mol. The molecular weight excluding hydrogens is 351 g/mol. The Kier molecular flexibility index (Phi) is 5.06. The summed E-state index contributed by atoms with van der Waals surface area (Å²) in [5, 5.41) is 4.09. The Balaban J connectivity index is 1.66. The molecule has 3 amide bonds. The van der Waals surface area contributed by atoms with Gasteiger partial charge in [-0.2, -0.15) is 8.78 Å². The smallest absolute Gasteiger partial charge is 0.388 e. The molecular formula is C17H14F3N3O3. The molecule has 3 rings (SSSR count). The highest BCUT2D eigenvalue weighted by molar-refractivity contribution is 6.08. The van der Waals surface area contributed by atoms with Crippen LogP contribution in [0.5, 0.6) is 5.88 Å². The quantitative estimate of drug-likeness (QED) is 0.847. The van der Waals surface area contributed by atoms with Crippen molar-refractivity contribution in [3.63, 3.8) is 0 Å². The van der Waals surface area contributed by atoms with Gasteiger partial charge in [0.1, 0.15) is 11.5 Å². The van der Waals surface area contributed by atoms with Crippen molar-refractivity contribution >= 4 is 17.6 Å². The molecule has 0 atom stereocenters. The number of carbonyl (C=O) groups excluding carboxylic acids is 2. The number of hydrogen-bond donors (Lipinski definition) is 2. The van der Waals surface area contributed by atoms with Gasteiger partial charge in [0.05, 0.1) is 5.56 Å². The van der Waals surface area contributed by atoms with Crippen LogP contribution in [0.3, 0.4) is 0 Å². The Morgan fingerprint density at radius 3 is 2.65 bits per heavy atom. The maximum atomic E-state index is 14.1. The van der Waals surface area contributed by atoms with Crippen molar-refractivity contribution in [3.8, 4) is 5.88 Å². The fourth-order valence-electron chi connectivity index (χ4n) is 2.37. The van der Waals surface area contributed by atoms with Gasteiger partial charge in [-0.3, -0.25) is 10.1 Å². The molecule has 2 N–H and O–H groups in total. The Morgan fingerprint density at radius 2 is 2.00 bits per heavy atom. The molecule has 1 heterocycles. The minimum absolute atomic E-state index is 0.164. The lowest BCUT2D eigenvalue weighted by Crippen LogP contribution is -2.35. The second-order valence-corrected chi connectivity index (χ2v) is 5.66. The van der Waals surface area contributed by atoms with Crippen LogP contribution in [0.25, 0.3) is 0 Å². The number of anilines is 1. The topological polar surface area (TPSA) is 80.3 Å². The van der Waals surface area contributed by atoms with E-state index in [0.717, 1.165) is 18.4 Å². The SMILES string of the molecule is O=C(NC(=O)c1ccc(C2CC2)cc1F)Nc1cccnc1OC(F)F. The molecule has 1 aliphatic carbocycles. The van der Waals surface area contributed by atoms with Crippen molar-refractivity contribution in [2.24, 2.45) is 0 Å². The molecule has 0 bridgehead atoms. The largest absolute Gasteiger partial charge is 0.415 e. The van der Waals surface area contributed by atoms with Crippen molar-refractivity contribution in [1.82, 2.24) is 10.3 Å². The molecule has 26 heavy (non-hydrogen) atoms. The number of ether oxygens (including phenoxy) is 1. The van der Waals surface area contributed by atoms with Crippen molar-refractivity contribution in [2.45, 2.75) is 25.4 Å². The van der Waals surface area contributed by atoms with Crippen LogP contribution in [-0.2, 0) is 0 Å². The van der Waals surface area contributed by atoms with Gasteiger partial charge >= 0.3 is 12.6 Å². The molecule has 0 spiro atoms. The summed E-state index contributed by atoms with van der Waals surface area (Å²) in [6.07, 6.45) is 3.17. The molecule has 6 nitrogen and oxygen atoms in total. The highest BCUT2D eigenvalue weighted by Gasteiger charge is 2.25. The molecule has 1 saturated carbocycles. The molecule has 136 valence electrons. The number of nitrogens with one attached hydrogen (secondary N) is 2. The predicted molar refractivity (Wildman–Crippen MR) is 85.7 cm³/mol. The minimum atomic E-state index is -3.13. The summed E-state index contributed by atoms with van der Waals surface area (Å²) < 4.78 is 42.9. The lowest BCUT2D eigenvalue weighted by atomic mass is 10.1. The van der Waals surface area contributed by atoms with Gasteiger partial charge in [-0.15, -0.1) is 0 Å². The van der Waals surface area contributed by atoms with E-state index >= 15 is 0 Å². The highest BCUT2D eigenvalue weighted by atomic mass is 19.3. The van der Waals surface area contributed by atoms with Gasteiger partial charge < -0.3 is 10.1 Å². The van der Waals surface area contributed by atoms with E-state index in [0.29, 0.717) is 5.92 Å². The van der Waals surface area contributed by atoms with Crippen molar-refractivity contribution < 1.29 is 27.5 Å². The lowest BCUT2D eigenvalue weighted by Gasteiger charge is -2.11. The number of imide groups is 1. The summed E-state index contributed by atoms with van der Waals surface area (Å²) in [6, 6.07) is 5.84.